The Morgan fingerprint density at radius 3 is 2.21 bits per heavy atom. The van der Waals surface area contributed by atoms with Crippen LogP contribution in [-0.4, -0.2) is 29.9 Å². The second-order valence-corrected chi connectivity index (χ2v) is 8.23. The second kappa shape index (κ2) is 10.1. The van der Waals surface area contributed by atoms with Crippen LogP contribution in [0.15, 0.2) is 106 Å². The maximum atomic E-state index is 13.4. The highest BCUT2D eigenvalue weighted by molar-refractivity contribution is 7.99. The monoisotopic (exact) mass is 455 g/mol. The fourth-order valence-electron chi connectivity index (χ4n) is 3.42. The van der Waals surface area contributed by atoms with Crippen LogP contribution in [0.2, 0.25) is 0 Å². The average Bonchev–Trinajstić information content (AvgIpc) is 2.84. The number of amides is 1. The fraction of sp³-hybridized carbons (Fsp3) is 0.115. The number of rotatable bonds is 5. The van der Waals surface area contributed by atoms with Crippen LogP contribution < -0.4 is 4.90 Å². The molecule has 1 amide bonds. The topological polar surface area (TPSA) is 73.6 Å². The Bertz CT molecular complexity index is 1190. The van der Waals surface area contributed by atoms with Crippen molar-refractivity contribution in [2.24, 2.45) is 0 Å². The quantitative estimate of drug-likeness (QED) is 0.355. The smallest absolute Gasteiger partial charge is 0.348 e. The molecular formula is C26H21N3O3S. The number of carbonyl (C=O) groups is 2. The summed E-state index contributed by atoms with van der Waals surface area (Å²) in [6.07, 6.45) is 10.3. The molecule has 2 aromatic rings. The Hall–Kier alpha value is -4.02. The lowest BCUT2D eigenvalue weighted by Crippen LogP contribution is -2.35. The maximum Gasteiger partial charge on any atom is 0.348 e. The molecule has 4 rings (SSSR count). The molecule has 0 saturated carbocycles. The van der Waals surface area contributed by atoms with Gasteiger partial charge in [0.25, 0.3) is 5.91 Å². The van der Waals surface area contributed by atoms with Crippen LogP contribution in [0, 0.1) is 11.3 Å². The Kier molecular flexibility index (Phi) is 6.77. The zero-order valence-electron chi connectivity index (χ0n) is 18.0. The molecular weight excluding hydrogens is 434 g/mol. The van der Waals surface area contributed by atoms with Gasteiger partial charge >= 0.3 is 5.97 Å². The number of hydrogen-bond acceptors (Lipinski definition) is 6. The minimum Gasteiger partial charge on any atom is -0.462 e. The lowest BCUT2D eigenvalue weighted by Gasteiger charge is -2.32. The molecule has 0 N–H and O–H groups in total. The molecule has 2 heterocycles. The molecule has 0 spiro atoms. The first-order chi connectivity index (χ1) is 16.1. The summed E-state index contributed by atoms with van der Waals surface area (Å²) in [4.78, 5) is 30.7. The van der Waals surface area contributed by atoms with Gasteiger partial charge in [-0.05, 0) is 55.0 Å². The average molecular weight is 456 g/mol. The lowest BCUT2D eigenvalue weighted by molar-refractivity contribution is -0.138. The van der Waals surface area contributed by atoms with E-state index in [4.69, 9.17) is 10.00 Å². The summed E-state index contributed by atoms with van der Waals surface area (Å²) in [5.74, 6) is -0.695. The number of fused-ring (bicyclic) bond motifs is 2. The van der Waals surface area contributed by atoms with Gasteiger partial charge in [-0.2, -0.15) is 5.26 Å². The van der Waals surface area contributed by atoms with E-state index >= 15 is 0 Å². The van der Waals surface area contributed by atoms with Gasteiger partial charge in [0, 0.05) is 22.2 Å². The van der Waals surface area contributed by atoms with E-state index in [2.05, 4.69) is 0 Å². The van der Waals surface area contributed by atoms with Gasteiger partial charge in [0.1, 0.15) is 18.2 Å². The molecule has 0 atom stereocenters. The van der Waals surface area contributed by atoms with Crippen molar-refractivity contribution in [2.75, 3.05) is 18.1 Å². The Morgan fingerprint density at radius 1 is 1.03 bits per heavy atom. The number of esters is 1. The number of para-hydroxylation sites is 2. The van der Waals surface area contributed by atoms with Crippen LogP contribution in [-0.2, 0) is 14.3 Å². The highest BCUT2D eigenvalue weighted by atomic mass is 32.2. The van der Waals surface area contributed by atoms with Gasteiger partial charge in [-0.25, -0.2) is 4.79 Å². The van der Waals surface area contributed by atoms with E-state index in [1.165, 1.54) is 6.08 Å². The molecule has 7 heteroatoms. The molecule has 0 unspecified atom stereocenters. The minimum atomic E-state index is -0.645. The van der Waals surface area contributed by atoms with E-state index in [0.717, 1.165) is 26.7 Å². The summed E-state index contributed by atoms with van der Waals surface area (Å²) in [5.41, 5.74) is 2.49. The van der Waals surface area contributed by atoms with Crippen molar-refractivity contribution in [3.05, 3.63) is 96.4 Å². The van der Waals surface area contributed by atoms with Crippen LogP contribution in [0.4, 0.5) is 11.4 Å². The van der Waals surface area contributed by atoms with Crippen LogP contribution in [0.5, 0.6) is 0 Å². The van der Waals surface area contributed by atoms with E-state index in [9.17, 15) is 9.59 Å². The van der Waals surface area contributed by atoms with Gasteiger partial charge in [-0.1, -0.05) is 42.1 Å². The van der Waals surface area contributed by atoms with Crippen LogP contribution in [0.3, 0.4) is 0 Å². The summed E-state index contributed by atoms with van der Waals surface area (Å²) < 4.78 is 4.86. The predicted molar refractivity (Wildman–Crippen MR) is 128 cm³/mol. The Morgan fingerprint density at radius 2 is 1.64 bits per heavy atom. The third-order valence-electron chi connectivity index (χ3n) is 4.97. The minimum absolute atomic E-state index is 0.0501. The van der Waals surface area contributed by atoms with Gasteiger partial charge in [0.2, 0.25) is 0 Å². The zero-order valence-corrected chi connectivity index (χ0v) is 18.8. The first-order valence-electron chi connectivity index (χ1n) is 10.4. The number of ether oxygens (including phenoxy) is 1. The number of hydrogen-bond donors (Lipinski definition) is 0. The van der Waals surface area contributed by atoms with Gasteiger partial charge < -0.3 is 9.64 Å². The van der Waals surface area contributed by atoms with Crippen LogP contribution in [0.1, 0.15) is 6.92 Å². The van der Waals surface area contributed by atoms with E-state index < -0.39 is 5.97 Å². The highest BCUT2D eigenvalue weighted by Gasteiger charge is 2.28. The normalized spacial score (nSPS) is 14.3. The summed E-state index contributed by atoms with van der Waals surface area (Å²) in [6, 6.07) is 17.6. The van der Waals surface area contributed by atoms with Crippen LogP contribution in [0.25, 0.3) is 0 Å². The van der Waals surface area contributed by atoms with Gasteiger partial charge in [-0.15, -0.1) is 0 Å². The standard InChI is InChI=1S/C26H21N3O3S/c1-2-32-26(31)20(17-27)12-11-19-13-15-28(16-14-19)18-25(30)29-21-7-3-5-9-23(21)33-24-10-6-4-8-22(24)29/h3-16H,2,18H2,1H3/b20-12-. The van der Waals surface area contributed by atoms with E-state index in [-0.39, 0.29) is 24.6 Å². The maximum absolute atomic E-state index is 13.4. The molecule has 164 valence electrons. The van der Waals surface area contributed by atoms with Crippen molar-refractivity contribution in [3.63, 3.8) is 0 Å². The fourth-order valence-corrected chi connectivity index (χ4v) is 4.48. The number of carbonyl (C=O) groups excluding carboxylic acids is 2. The molecule has 0 radical (unpaired) electrons. The van der Waals surface area contributed by atoms with Crippen LogP contribution >= 0.6 is 11.8 Å². The molecule has 2 aromatic carbocycles. The second-order valence-electron chi connectivity index (χ2n) is 7.15. The Balaban J connectivity index is 1.49. The summed E-state index contributed by atoms with van der Waals surface area (Å²) in [5, 5.41) is 9.12. The summed E-state index contributed by atoms with van der Waals surface area (Å²) >= 11 is 1.66. The largest absolute Gasteiger partial charge is 0.462 e. The van der Waals surface area contributed by atoms with Gasteiger partial charge in [-0.3, -0.25) is 9.69 Å². The first kappa shape index (κ1) is 22.2. The number of allylic oxidation sites excluding steroid dienone is 5. The Labute approximate surface area is 196 Å². The van der Waals surface area contributed by atoms with Gasteiger partial charge in [0.15, 0.2) is 0 Å². The summed E-state index contributed by atoms with van der Waals surface area (Å²) in [6.45, 7) is 2.06. The highest BCUT2D eigenvalue weighted by Crippen LogP contribution is 2.47. The van der Waals surface area contributed by atoms with Crippen molar-refractivity contribution >= 4 is 35.0 Å². The molecule has 2 aliphatic heterocycles. The first-order valence-corrected chi connectivity index (χ1v) is 11.2. The number of benzene rings is 2. The van der Waals surface area contributed by atoms with Crippen molar-refractivity contribution in [3.8, 4) is 6.07 Å². The zero-order chi connectivity index (χ0) is 23.2. The lowest BCUT2D eigenvalue weighted by atomic mass is 10.1. The molecule has 0 aliphatic carbocycles. The molecule has 0 bridgehead atoms. The predicted octanol–water partition coefficient (Wildman–Crippen LogP) is 5.10. The van der Waals surface area contributed by atoms with E-state index in [1.54, 1.807) is 47.0 Å². The number of nitriles is 1. The number of nitrogens with zero attached hydrogens (tertiary/aromatic N) is 3. The molecule has 6 nitrogen and oxygen atoms in total. The van der Waals surface area contributed by atoms with E-state index in [1.807, 2.05) is 66.8 Å². The molecule has 33 heavy (non-hydrogen) atoms. The van der Waals surface area contributed by atoms with Crippen molar-refractivity contribution < 1.29 is 14.3 Å². The third kappa shape index (κ3) is 4.92. The van der Waals surface area contributed by atoms with Crippen molar-refractivity contribution in [1.82, 2.24) is 4.90 Å². The molecule has 0 saturated heterocycles. The number of anilines is 2. The molecule has 2 aliphatic rings. The molecule has 0 fully saturated rings. The summed E-state index contributed by atoms with van der Waals surface area (Å²) in [7, 11) is 0. The van der Waals surface area contributed by atoms with Crippen molar-refractivity contribution in [1.29, 1.82) is 5.26 Å². The SMILES string of the molecule is CCOC(=O)/C(C#N)=C\C=C1C=CN(CC(=O)N2c3ccccc3Sc3ccccc32)C=C1. The van der Waals surface area contributed by atoms with Crippen molar-refractivity contribution in [2.45, 2.75) is 16.7 Å². The molecule has 0 aromatic heterocycles. The van der Waals surface area contributed by atoms with E-state index in [0.29, 0.717) is 0 Å². The third-order valence-corrected chi connectivity index (χ3v) is 6.10. The van der Waals surface area contributed by atoms with Gasteiger partial charge in [0.05, 0.1) is 18.0 Å².